The maximum absolute atomic E-state index is 13.3. The summed E-state index contributed by atoms with van der Waals surface area (Å²) in [6.45, 7) is -0.272. The van der Waals surface area contributed by atoms with E-state index in [-0.39, 0.29) is 19.5 Å². The van der Waals surface area contributed by atoms with Crippen molar-refractivity contribution in [1.29, 1.82) is 0 Å². The van der Waals surface area contributed by atoms with Crippen LogP contribution < -0.4 is 4.72 Å². The number of thiazole rings is 1. The normalized spacial score (nSPS) is 24.5. The minimum absolute atomic E-state index is 0.192. The van der Waals surface area contributed by atoms with Crippen molar-refractivity contribution >= 4 is 33.0 Å². The third-order valence-corrected chi connectivity index (χ3v) is 8.67. The fourth-order valence-electron chi connectivity index (χ4n) is 4.67. The van der Waals surface area contributed by atoms with Crippen LogP contribution in [-0.2, 0) is 10.2 Å². The van der Waals surface area contributed by atoms with Crippen molar-refractivity contribution in [3.63, 3.8) is 0 Å². The molecule has 5 rings (SSSR count). The number of aliphatic hydroxyl groups excluding tert-OH is 1. The zero-order valence-corrected chi connectivity index (χ0v) is 20.5. The third-order valence-electron chi connectivity index (χ3n) is 6.27. The lowest BCUT2D eigenvalue weighted by Gasteiger charge is -2.33. The summed E-state index contributed by atoms with van der Waals surface area (Å²) in [7, 11) is -3.87. The number of aromatic nitrogens is 3. The molecule has 0 amide bonds. The lowest BCUT2D eigenvalue weighted by Crippen LogP contribution is -2.48. The second kappa shape index (κ2) is 9.41. The molecule has 0 spiro atoms. The summed E-state index contributed by atoms with van der Waals surface area (Å²) in [6.07, 6.45) is 5.01. The molecule has 0 aliphatic carbocycles. The molecule has 2 N–H and O–H groups in total. The molecule has 10 nitrogen and oxygen atoms in total. The monoisotopic (exact) mass is 525 g/mol. The quantitative estimate of drug-likeness (QED) is 0.597. The van der Waals surface area contributed by atoms with Gasteiger partial charge >= 0.3 is 16.8 Å². The number of piperidine rings is 1. The average molecular weight is 526 g/mol. The molecular weight excluding hydrogens is 500 g/mol. The van der Waals surface area contributed by atoms with E-state index in [0.29, 0.717) is 51.9 Å². The van der Waals surface area contributed by atoms with Gasteiger partial charge in [-0.15, -0.1) is 11.3 Å². The van der Waals surface area contributed by atoms with Gasteiger partial charge in [-0.1, -0.05) is 6.08 Å². The smallest absolute Gasteiger partial charge is 0.333 e. The van der Waals surface area contributed by atoms with Crippen molar-refractivity contribution in [1.82, 2.24) is 28.7 Å². The molecule has 35 heavy (non-hydrogen) atoms. The number of hydrogen-bond donors (Lipinski definition) is 2. The van der Waals surface area contributed by atoms with Gasteiger partial charge < -0.3 is 10.0 Å². The molecule has 0 saturated carbocycles. The largest absolute Gasteiger partial charge is 0.393 e. The van der Waals surface area contributed by atoms with Gasteiger partial charge in [-0.3, -0.25) is 9.30 Å². The van der Waals surface area contributed by atoms with Crippen LogP contribution in [0.1, 0.15) is 43.4 Å². The van der Waals surface area contributed by atoms with Crippen LogP contribution in [0, 0.1) is 0 Å². The second-order valence-corrected chi connectivity index (χ2v) is 11.0. The predicted molar refractivity (Wildman–Crippen MR) is 127 cm³/mol. The summed E-state index contributed by atoms with van der Waals surface area (Å²) >= 11 is 1.42. The van der Waals surface area contributed by atoms with Gasteiger partial charge in [0, 0.05) is 66.7 Å². The third kappa shape index (κ3) is 4.62. The van der Waals surface area contributed by atoms with Crippen LogP contribution in [-0.4, -0.2) is 75.1 Å². The number of amidine groups is 1. The molecule has 2 aromatic heterocycles. The Morgan fingerprint density at radius 3 is 2.86 bits per heavy atom. The molecule has 0 radical (unpaired) electrons. The van der Waals surface area contributed by atoms with E-state index in [0.717, 1.165) is 5.70 Å². The molecule has 5 heterocycles. The summed E-state index contributed by atoms with van der Waals surface area (Å²) < 4.78 is 57.5. The summed E-state index contributed by atoms with van der Waals surface area (Å²) in [5.74, 6) is 0.629. The minimum atomic E-state index is -3.87. The highest BCUT2D eigenvalue weighted by Crippen LogP contribution is 2.36. The number of nitrogens with zero attached hydrogens (tertiary/aromatic N) is 6. The maximum Gasteiger partial charge on any atom is 0.333 e. The number of nitrogens with one attached hydrogen (secondary N) is 1. The number of allylic oxidation sites excluding steroid dienone is 1. The Bertz CT molecular complexity index is 1290. The van der Waals surface area contributed by atoms with Gasteiger partial charge in [0.1, 0.15) is 0 Å². The van der Waals surface area contributed by atoms with Gasteiger partial charge in [-0.2, -0.15) is 27.0 Å². The number of hydrogen-bond acceptors (Lipinski definition) is 8. The minimum Gasteiger partial charge on any atom is -0.393 e. The second-order valence-electron chi connectivity index (χ2n) is 8.49. The van der Waals surface area contributed by atoms with E-state index in [4.69, 9.17) is 0 Å². The van der Waals surface area contributed by atoms with Crippen LogP contribution in [0.25, 0.3) is 5.57 Å². The number of fused-ring (bicyclic) bond motifs is 1. The number of halogens is 2. The molecule has 3 aliphatic heterocycles. The van der Waals surface area contributed by atoms with Gasteiger partial charge in [0.15, 0.2) is 10.8 Å². The first-order valence-corrected chi connectivity index (χ1v) is 13.5. The Morgan fingerprint density at radius 1 is 1.34 bits per heavy atom. The Balaban J connectivity index is 1.44. The molecule has 14 heteroatoms. The van der Waals surface area contributed by atoms with Crippen LogP contribution >= 0.6 is 11.3 Å². The molecule has 2 atom stereocenters. The lowest BCUT2D eigenvalue weighted by molar-refractivity contribution is 0.0564. The van der Waals surface area contributed by atoms with Crippen LogP contribution in [0.3, 0.4) is 0 Å². The number of rotatable bonds is 6. The molecule has 0 bridgehead atoms. The Hall–Kier alpha value is -2.68. The molecule has 188 valence electrons. The van der Waals surface area contributed by atoms with E-state index < -0.39 is 28.9 Å². The van der Waals surface area contributed by atoms with E-state index in [1.54, 1.807) is 19.2 Å². The Labute approximate surface area is 205 Å². The topological polar surface area (TPSA) is 116 Å². The predicted octanol–water partition coefficient (Wildman–Crippen LogP) is 2.18. The van der Waals surface area contributed by atoms with Gasteiger partial charge in [-0.05, 0) is 19.4 Å². The molecule has 3 aliphatic rings. The average Bonchev–Trinajstić information content (AvgIpc) is 3.58. The summed E-state index contributed by atoms with van der Waals surface area (Å²) in [4.78, 5) is 10.9. The highest BCUT2D eigenvalue weighted by atomic mass is 32.2. The molecule has 0 aromatic carbocycles. The molecule has 2 aromatic rings. The van der Waals surface area contributed by atoms with Crippen molar-refractivity contribution in [2.24, 2.45) is 4.99 Å². The summed E-state index contributed by atoms with van der Waals surface area (Å²) in [5, 5.41) is 16.5. The van der Waals surface area contributed by atoms with Crippen molar-refractivity contribution < 1.29 is 22.3 Å². The van der Waals surface area contributed by atoms with Crippen LogP contribution in [0.4, 0.5) is 8.78 Å². The molecular formula is C21H25F2N7O3S2. The Morgan fingerprint density at radius 2 is 2.17 bits per heavy atom. The lowest BCUT2D eigenvalue weighted by atomic mass is 10.1. The van der Waals surface area contributed by atoms with E-state index in [1.807, 2.05) is 10.3 Å². The highest BCUT2D eigenvalue weighted by Gasteiger charge is 2.40. The van der Waals surface area contributed by atoms with Gasteiger partial charge in [0.25, 0.3) is 0 Å². The standard InChI is InChI=1S/C21H25F2N7O3S2/c1-2-14-10-15(31)3-7-30(14)35(32,33)27-13-9-18-16(17-4-6-29(26-17)21(22)23)11-25-19(28(18)12-13)20-24-5-8-34-20/h2,4-6,8,13,15,21,27,31H,3,7,9-12H2,1H3/b14-2-/t13-,15-/m0/s1. The first-order chi connectivity index (χ1) is 16.8. The summed E-state index contributed by atoms with van der Waals surface area (Å²) in [5.41, 5.74) is 2.41. The number of aliphatic imine (C=N–C) groups is 1. The fourth-order valence-corrected chi connectivity index (χ4v) is 6.86. The van der Waals surface area contributed by atoms with Gasteiger partial charge in [0.2, 0.25) is 0 Å². The number of alkyl halides is 2. The first-order valence-electron chi connectivity index (χ1n) is 11.2. The zero-order chi connectivity index (χ0) is 24.7. The van der Waals surface area contributed by atoms with E-state index in [9.17, 15) is 22.3 Å². The van der Waals surface area contributed by atoms with Gasteiger partial charge in [0.05, 0.1) is 18.3 Å². The summed E-state index contributed by atoms with van der Waals surface area (Å²) in [6, 6.07) is 1.04. The molecule has 0 unspecified atom stereocenters. The van der Waals surface area contributed by atoms with Crippen molar-refractivity contribution in [3.05, 3.63) is 52.0 Å². The van der Waals surface area contributed by atoms with E-state index in [1.165, 1.54) is 27.9 Å². The van der Waals surface area contributed by atoms with Crippen LogP contribution in [0.2, 0.25) is 0 Å². The Kier molecular flexibility index (Phi) is 6.46. The SMILES string of the molecule is C/C=C1/C[C@@H](O)CCN1S(=O)(=O)N[C@H]1CC2=C(c3ccn(C(F)F)n3)CN=C(c3nccs3)N2C1. The van der Waals surface area contributed by atoms with Crippen LogP contribution in [0.5, 0.6) is 0 Å². The first kappa shape index (κ1) is 24.0. The fraction of sp³-hybridized carbons (Fsp3) is 0.476. The highest BCUT2D eigenvalue weighted by molar-refractivity contribution is 7.87. The van der Waals surface area contributed by atoms with Crippen molar-refractivity contribution in [3.8, 4) is 0 Å². The van der Waals surface area contributed by atoms with E-state index >= 15 is 0 Å². The zero-order valence-electron chi connectivity index (χ0n) is 18.9. The van der Waals surface area contributed by atoms with Crippen molar-refractivity contribution in [2.75, 3.05) is 19.6 Å². The molecule has 2 fully saturated rings. The molecule has 2 saturated heterocycles. The van der Waals surface area contributed by atoms with E-state index in [2.05, 4.69) is 19.8 Å². The van der Waals surface area contributed by atoms with Crippen LogP contribution in [0.15, 0.2) is 46.3 Å². The number of aliphatic hydroxyl groups is 1. The van der Waals surface area contributed by atoms with Gasteiger partial charge in [-0.25, -0.2) is 9.67 Å². The maximum atomic E-state index is 13.3. The van der Waals surface area contributed by atoms with Crippen molar-refractivity contribution in [2.45, 2.75) is 44.9 Å².